The fourth-order valence-electron chi connectivity index (χ4n) is 2.07. The van der Waals surface area contributed by atoms with Crippen LogP contribution < -0.4 is 0 Å². The summed E-state index contributed by atoms with van der Waals surface area (Å²) in [7, 11) is 0. The molecule has 17 heavy (non-hydrogen) atoms. The summed E-state index contributed by atoms with van der Waals surface area (Å²) in [6.45, 7) is 5.96. The summed E-state index contributed by atoms with van der Waals surface area (Å²) in [5, 5.41) is 0. The van der Waals surface area contributed by atoms with Crippen LogP contribution in [0.2, 0.25) is 0 Å². The van der Waals surface area contributed by atoms with Crippen molar-refractivity contribution in [1.29, 1.82) is 0 Å². The van der Waals surface area contributed by atoms with E-state index in [9.17, 15) is 9.59 Å². The number of carbonyl (C=O) groups excluding carboxylic acids is 2. The second-order valence-electron chi connectivity index (χ2n) is 5.17. The van der Waals surface area contributed by atoms with Crippen LogP contribution in [0.1, 0.15) is 33.6 Å². The van der Waals surface area contributed by atoms with Crippen LogP contribution in [0.15, 0.2) is 20.8 Å². The van der Waals surface area contributed by atoms with Crippen LogP contribution in [0.4, 0.5) is 0 Å². The topological polar surface area (TPSA) is 34.1 Å². The molecule has 0 aromatic heterocycles. The molecule has 0 spiro atoms. The Kier molecular flexibility index (Phi) is 3.55. The first-order chi connectivity index (χ1) is 7.93. The minimum atomic E-state index is -0.171. The van der Waals surface area contributed by atoms with E-state index in [1.807, 2.05) is 26.8 Å². The number of carbonyl (C=O) groups is 2. The van der Waals surface area contributed by atoms with Gasteiger partial charge in [-0.05, 0) is 17.2 Å². The van der Waals surface area contributed by atoms with Gasteiger partial charge in [-0.15, -0.1) is 11.8 Å². The number of Topliss-reactive ketones (excluding diaryl/α,β-unsaturated/α-hetero) is 2. The molecular weight excluding hydrogens is 252 g/mol. The van der Waals surface area contributed by atoms with E-state index in [2.05, 4.69) is 0 Å². The highest BCUT2D eigenvalue weighted by atomic mass is 32.2. The normalized spacial score (nSPS) is 27.1. The van der Waals surface area contributed by atoms with Crippen molar-refractivity contribution in [2.24, 2.45) is 5.41 Å². The van der Waals surface area contributed by atoms with E-state index >= 15 is 0 Å². The molecule has 2 fully saturated rings. The third-order valence-corrected chi connectivity index (χ3v) is 5.67. The minimum Gasteiger partial charge on any atom is -0.294 e. The lowest BCUT2D eigenvalue weighted by molar-refractivity contribution is -0.127. The van der Waals surface area contributed by atoms with Gasteiger partial charge in [0.2, 0.25) is 0 Å². The highest BCUT2D eigenvalue weighted by molar-refractivity contribution is 8.27. The number of hydrogen-bond acceptors (Lipinski definition) is 4. The Morgan fingerprint density at radius 1 is 1.18 bits per heavy atom. The van der Waals surface area contributed by atoms with E-state index in [-0.39, 0.29) is 17.0 Å². The molecule has 0 atom stereocenters. The first-order valence-corrected chi connectivity index (χ1v) is 7.50. The van der Waals surface area contributed by atoms with Gasteiger partial charge in [0.25, 0.3) is 0 Å². The van der Waals surface area contributed by atoms with Gasteiger partial charge in [-0.25, -0.2) is 0 Å². The van der Waals surface area contributed by atoms with Crippen LogP contribution in [0, 0.1) is 5.41 Å². The molecule has 1 heterocycles. The molecule has 4 heteroatoms. The van der Waals surface area contributed by atoms with E-state index in [4.69, 9.17) is 0 Å². The van der Waals surface area contributed by atoms with Crippen molar-refractivity contribution in [2.45, 2.75) is 33.6 Å². The molecular formula is C13H16O2S2. The zero-order valence-electron chi connectivity index (χ0n) is 10.3. The van der Waals surface area contributed by atoms with Crippen LogP contribution in [0.25, 0.3) is 0 Å². The Morgan fingerprint density at radius 3 is 2.24 bits per heavy atom. The van der Waals surface area contributed by atoms with Crippen molar-refractivity contribution in [3.05, 3.63) is 20.8 Å². The lowest BCUT2D eigenvalue weighted by atomic mass is 9.74. The average Bonchev–Trinajstić information content (AvgIpc) is 2.62. The van der Waals surface area contributed by atoms with E-state index in [1.54, 1.807) is 23.5 Å². The Morgan fingerprint density at radius 2 is 1.76 bits per heavy atom. The Labute approximate surface area is 110 Å². The maximum absolute atomic E-state index is 12.1. The Balaban J connectivity index is 2.31. The highest BCUT2D eigenvalue weighted by Gasteiger charge is 2.38. The molecule has 92 valence electrons. The quantitative estimate of drug-likeness (QED) is 0.497. The SMILES string of the molecule is C/C=C1\CSC(=C2C(=O)CC(C)(C)CC2=O)S1. The summed E-state index contributed by atoms with van der Waals surface area (Å²) < 4.78 is 0.920. The van der Waals surface area contributed by atoms with Gasteiger partial charge in [-0.1, -0.05) is 31.7 Å². The van der Waals surface area contributed by atoms with Gasteiger partial charge in [0, 0.05) is 18.6 Å². The van der Waals surface area contributed by atoms with Gasteiger partial charge in [0.1, 0.15) is 0 Å². The molecule has 0 amide bonds. The summed E-state index contributed by atoms with van der Waals surface area (Å²) in [6, 6.07) is 0. The third-order valence-electron chi connectivity index (χ3n) is 2.93. The van der Waals surface area contributed by atoms with Gasteiger partial charge >= 0.3 is 0 Å². The Hall–Kier alpha value is -0.480. The van der Waals surface area contributed by atoms with E-state index in [0.717, 1.165) is 9.99 Å². The van der Waals surface area contributed by atoms with E-state index in [1.165, 1.54) is 4.91 Å². The predicted octanol–water partition coefficient (Wildman–Crippen LogP) is 3.54. The molecule has 1 aliphatic carbocycles. The smallest absolute Gasteiger partial charge is 0.168 e. The number of hydrogen-bond donors (Lipinski definition) is 0. The molecule has 2 rings (SSSR count). The van der Waals surface area contributed by atoms with Crippen molar-refractivity contribution in [1.82, 2.24) is 0 Å². The van der Waals surface area contributed by atoms with Crippen molar-refractivity contribution in [3.63, 3.8) is 0 Å². The van der Waals surface area contributed by atoms with Crippen molar-refractivity contribution in [2.75, 3.05) is 5.75 Å². The first kappa shape index (κ1) is 13.0. The number of rotatable bonds is 0. The summed E-state index contributed by atoms with van der Waals surface area (Å²) in [4.78, 5) is 25.4. The zero-order valence-corrected chi connectivity index (χ0v) is 12.0. The van der Waals surface area contributed by atoms with Gasteiger partial charge in [-0.2, -0.15) is 0 Å². The molecule has 1 saturated carbocycles. The molecule has 0 aromatic rings. The molecule has 0 N–H and O–H groups in total. The number of thioether (sulfide) groups is 2. The Bertz CT molecular complexity index is 422. The first-order valence-electron chi connectivity index (χ1n) is 5.69. The van der Waals surface area contributed by atoms with Crippen LogP contribution in [0.3, 0.4) is 0 Å². The predicted molar refractivity (Wildman–Crippen MR) is 73.9 cm³/mol. The summed E-state index contributed by atoms with van der Waals surface area (Å²) in [6.07, 6.45) is 3.03. The van der Waals surface area contributed by atoms with Gasteiger partial charge in [0.05, 0.1) is 9.81 Å². The summed E-state index contributed by atoms with van der Waals surface area (Å²) >= 11 is 3.21. The fourth-order valence-corrected chi connectivity index (χ4v) is 4.72. The van der Waals surface area contributed by atoms with Crippen LogP contribution >= 0.6 is 23.5 Å². The standard InChI is InChI=1S/C13H16O2S2/c1-4-8-7-16-12(17-8)11-9(14)5-13(2,3)6-10(11)15/h4H,5-7H2,1-3H3/b8-4+. The second kappa shape index (κ2) is 4.65. The molecule has 1 saturated heterocycles. The second-order valence-corrected chi connectivity index (χ2v) is 7.55. The van der Waals surface area contributed by atoms with Crippen molar-refractivity contribution >= 4 is 35.1 Å². The van der Waals surface area contributed by atoms with Crippen molar-refractivity contribution < 1.29 is 9.59 Å². The molecule has 2 nitrogen and oxygen atoms in total. The molecule has 0 unspecified atom stereocenters. The lowest BCUT2D eigenvalue weighted by Crippen LogP contribution is -2.31. The maximum atomic E-state index is 12.1. The average molecular weight is 268 g/mol. The molecule has 0 bridgehead atoms. The van der Waals surface area contributed by atoms with E-state index in [0.29, 0.717) is 18.4 Å². The highest BCUT2D eigenvalue weighted by Crippen LogP contribution is 2.48. The van der Waals surface area contributed by atoms with E-state index < -0.39 is 0 Å². The molecule has 2 aliphatic rings. The zero-order chi connectivity index (χ0) is 12.6. The maximum Gasteiger partial charge on any atom is 0.168 e. The third kappa shape index (κ3) is 2.68. The van der Waals surface area contributed by atoms with Crippen molar-refractivity contribution in [3.8, 4) is 0 Å². The van der Waals surface area contributed by atoms with Crippen LogP contribution in [-0.2, 0) is 9.59 Å². The van der Waals surface area contributed by atoms with Crippen LogP contribution in [-0.4, -0.2) is 17.3 Å². The largest absolute Gasteiger partial charge is 0.294 e. The molecule has 0 aromatic carbocycles. The fraction of sp³-hybridized carbons (Fsp3) is 0.538. The van der Waals surface area contributed by atoms with Gasteiger partial charge < -0.3 is 0 Å². The van der Waals surface area contributed by atoms with Gasteiger partial charge in [-0.3, -0.25) is 9.59 Å². The summed E-state index contributed by atoms with van der Waals surface area (Å²) in [5.41, 5.74) is 0.298. The van der Waals surface area contributed by atoms with Crippen LogP contribution in [0.5, 0.6) is 0 Å². The molecule has 0 radical (unpaired) electrons. The summed E-state index contributed by atoms with van der Waals surface area (Å²) in [5.74, 6) is 0.946. The number of allylic oxidation sites excluding steroid dienone is 2. The lowest BCUT2D eigenvalue weighted by Gasteiger charge is -2.28. The molecule has 1 aliphatic heterocycles. The minimum absolute atomic E-state index is 0.0265. The monoisotopic (exact) mass is 268 g/mol. The van der Waals surface area contributed by atoms with Gasteiger partial charge in [0.15, 0.2) is 11.6 Å². The number of ketones is 2.